The molecular weight excluding hydrogens is 170 g/mol. The first-order valence-electron chi connectivity index (χ1n) is 2.57. The number of thiocarbonyl (C=S) groups is 1. The van der Waals surface area contributed by atoms with Crippen molar-refractivity contribution < 1.29 is 9.53 Å². The molecular formula is C5H8NO2S2-. The number of esters is 1. The fourth-order valence-electron chi connectivity index (χ4n) is 0.323. The van der Waals surface area contributed by atoms with Gasteiger partial charge in [0.05, 0.1) is 7.11 Å². The minimum atomic E-state index is -0.338. The van der Waals surface area contributed by atoms with E-state index in [9.17, 15) is 4.79 Å². The first-order valence-corrected chi connectivity index (χ1v) is 3.38. The van der Waals surface area contributed by atoms with Gasteiger partial charge in [-0.05, 0) is 0 Å². The van der Waals surface area contributed by atoms with E-state index in [0.29, 0.717) is 0 Å². The highest BCUT2D eigenvalue weighted by Gasteiger charge is 2.01. The summed E-state index contributed by atoms with van der Waals surface area (Å²) in [6, 6.07) is 0. The summed E-state index contributed by atoms with van der Waals surface area (Å²) in [6.07, 6.45) is 0. The maximum Gasteiger partial charge on any atom is 0.325 e. The van der Waals surface area contributed by atoms with Gasteiger partial charge in [0, 0.05) is 7.05 Å². The number of carbonyl (C=O) groups is 1. The van der Waals surface area contributed by atoms with Crippen LogP contribution in [0.1, 0.15) is 0 Å². The Balaban J connectivity index is 3.68. The summed E-state index contributed by atoms with van der Waals surface area (Å²) in [5.41, 5.74) is 0. The van der Waals surface area contributed by atoms with E-state index < -0.39 is 0 Å². The highest BCUT2D eigenvalue weighted by atomic mass is 32.1. The molecule has 3 nitrogen and oxygen atoms in total. The van der Waals surface area contributed by atoms with Gasteiger partial charge >= 0.3 is 5.97 Å². The third-order valence-electron chi connectivity index (χ3n) is 0.906. The molecule has 0 aromatic rings. The molecule has 0 N–H and O–H groups in total. The van der Waals surface area contributed by atoms with E-state index in [1.54, 1.807) is 7.05 Å². The zero-order valence-electron chi connectivity index (χ0n) is 5.79. The lowest BCUT2D eigenvalue weighted by Crippen LogP contribution is -2.29. The van der Waals surface area contributed by atoms with Crippen molar-refractivity contribution >= 4 is 35.1 Å². The van der Waals surface area contributed by atoms with Crippen LogP contribution in [0.2, 0.25) is 0 Å². The predicted molar refractivity (Wildman–Crippen MR) is 44.6 cm³/mol. The minimum Gasteiger partial charge on any atom is -0.468 e. The second-order valence-corrected chi connectivity index (χ2v) is 2.73. The number of carbonyl (C=O) groups excluding carboxylic acids is 1. The summed E-state index contributed by atoms with van der Waals surface area (Å²) >= 11 is 9.23. The maximum absolute atomic E-state index is 10.6. The van der Waals surface area contributed by atoms with E-state index in [1.807, 2.05) is 0 Å². The zero-order chi connectivity index (χ0) is 8.15. The van der Waals surface area contributed by atoms with Crippen molar-refractivity contribution in [2.75, 3.05) is 20.7 Å². The molecule has 58 valence electrons. The van der Waals surface area contributed by atoms with Crippen LogP contribution >= 0.6 is 12.2 Å². The third kappa shape index (κ3) is 3.58. The topological polar surface area (TPSA) is 29.5 Å². The quantitative estimate of drug-likeness (QED) is 0.335. The third-order valence-corrected chi connectivity index (χ3v) is 1.53. The number of hydrogen-bond donors (Lipinski definition) is 0. The number of methoxy groups -OCH3 is 1. The van der Waals surface area contributed by atoms with Crippen molar-refractivity contribution in [1.82, 2.24) is 4.90 Å². The maximum atomic E-state index is 10.6. The van der Waals surface area contributed by atoms with Gasteiger partial charge in [-0.2, -0.15) is 0 Å². The van der Waals surface area contributed by atoms with Gasteiger partial charge in [0.2, 0.25) is 0 Å². The Labute approximate surface area is 70.7 Å². The Morgan fingerprint density at radius 1 is 1.80 bits per heavy atom. The molecule has 0 fully saturated rings. The van der Waals surface area contributed by atoms with E-state index in [0.717, 1.165) is 0 Å². The number of hydrogen-bond acceptors (Lipinski definition) is 4. The monoisotopic (exact) mass is 178 g/mol. The van der Waals surface area contributed by atoms with Gasteiger partial charge < -0.3 is 34.5 Å². The Kier molecular flexibility index (Phi) is 4.22. The molecule has 0 aliphatic carbocycles. The molecule has 0 saturated heterocycles. The molecule has 0 atom stereocenters. The molecule has 0 aromatic heterocycles. The van der Waals surface area contributed by atoms with Crippen LogP contribution in [0.15, 0.2) is 0 Å². The van der Waals surface area contributed by atoms with Crippen molar-refractivity contribution in [2.45, 2.75) is 0 Å². The molecule has 10 heavy (non-hydrogen) atoms. The van der Waals surface area contributed by atoms with Gasteiger partial charge in [-0.1, -0.05) is 4.32 Å². The number of nitrogens with zero attached hydrogens (tertiary/aromatic N) is 1. The van der Waals surface area contributed by atoms with Gasteiger partial charge in [0.25, 0.3) is 0 Å². The largest absolute Gasteiger partial charge is 0.468 e. The molecule has 0 heterocycles. The fraction of sp³-hybridized carbons (Fsp3) is 0.600. The highest BCUT2D eigenvalue weighted by Crippen LogP contribution is 1.86. The lowest BCUT2D eigenvalue weighted by atomic mass is 10.6. The number of likely N-dealkylation sites (N-methyl/N-ethyl adjacent to an activating group) is 1. The molecule has 5 heteroatoms. The van der Waals surface area contributed by atoms with E-state index >= 15 is 0 Å². The van der Waals surface area contributed by atoms with E-state index in [-0.39, 0.29) is 16.8 Å². The molecule has 0 rings (SSSR count). The SMILES string of the molecule is COC(=O)CN(C)C(=S)[S-]. The molecule has 0 spiro atoms. The Hall–Kier alpha value is -0.420. The Bertz CT molecular complexity index is 149. The molecule has 0 unspecified atom stereocenters. The molecule has 0 saturated carbocycles. The van der Waals surface area contributed by atoms with Gasteiger partial charge in [0.15, 0.2) is 0 Å². The average Bonchev–Trinajstić information content (AvgIpc) is 1.87. The van der Waals surface area contributed by atoms with Gasteiger partial charge in [0.1, 0.15) is 6.54 Å². The minimum absolute atomic E-state index is 0.124. The summed E-state index contributed by atoms with van der Waals surface area (Å²) in [5.74, 6) is -0.338. The van der Waals surface area contributed by atoms with E-state index in [1.165, 1.54) is 12.0 Å². The van der Waals surface area contributed by atoms with Gasteiger partial charge in [-0.25, -0.2) is 0 Å². The smallest absolute Gasteiger partial charge is 0.325 e. The van der Waals surface area contributed by atoms with Gasteiger partial charge in [-0.15, -0.1) is 0 Å². The average molecular weight is 178 g/mol. The number of rotatable bonds is 2. The van der Waals surface area contributed by atoms with Crippen LogP contribution in [0.3, 0.4) is 0 Å². The molecule has 0 aromatic carbocycles. The lowest BCUT2D eigenvalue weighted by molar-refractivity contribution is -0.140. The standard InChI is InChI=1S/C5H9NO2S2/c1-6(5(9)10)3-4(7)8-2/h3H2,1-2H3,(H,9,10)/p-1. The second kappa shape index (κ2) is 4.40. The van der Waals surface area contributed by atoms with Crippen LogP contribution in [0.25, 0.3) is 0 Å². The van der Waals surface area contributed by atoms with Crippen LogP contribution < -0.4 is 0 Å². The second-order valence-electron chi connectivity index (χ2n) is 1.70. The van der Waals surface area contributed by atoms with Crippen LogP contribution in [-0.4, -0.2) is 35.9 Å². The summed E-state index contributed by atoms with van der Waals surface area (Å²) in [4.78, 5) is 12.0. The molecule has 0 amide bonds. The zero-order valence-corrected chi connectivity index (χ0v) is 7.42. The summed E-state index contributed by atoms with van der Waals surface area (Å²) in [6.45, 7) is 0.124. The van der Waals surface area contributed by atoms with Crippen molar-refractivity contribution in [3.05, 3.63) is 0 Å². The number of ether oxygens (including phenoxy) is 1. The lowest BCUT2D eigenvalue weighted by Gasteiger charge is -2.20. The molecule has 0 bridgehead atoms. The molecule has 0 aliphatic heterocycles. The van der Waals surface area contributed by atoms with Crippen LogP contribution in [0.5, 0.6) is 0 Å². The van der Waals surface area contributed by atoms with Crippen LogP contribution in [-0.2, 0) is 22.2 Å². The summed E-state index contributed by atoms with van der Waals surface area (Å²) < 4.78 is 4.65. The van der Waals surface area contributed by atoms with Crippen molar-refractivity contribution in [3.8, 4) is 0 Å². The van der Waals surface area contributed by atoms with Crippen LogP contribution in [0, 0.1) is 0 Å². The van der Waals surface area contributed by atoms with E-state index in [2.05, 4.69) is 29.6 Å². The Morgan fingerprint density at radius 3 is 2.60 bits per heavy atom. The molecule has 0 aliphatic rings. The Morgan fingerprint density at radius 2 is 2.30 bits per heavy atom. The van der Waals surface area contributed by atoms with Gasteiger partial charge in [-0.3, -0.25) is 4.79 Å². The fourth-order valence-corrected chi connectivity index (χ4v) is 0.452. The van der Waals surface area contributed by atoms with Crippen molar-refractivity contribution in [2.24, 2.45) is 0 Å². The summed E-state index contributed by atoms with van der Waals surface area (Å²) in [7, 11) is 2.97. The first kappa shape index (κ1) is 9.58. The van der Waals surface area contributed by atoms with E-state index in [4.69, 9.17) is 0 Å². The highest BCUT2D eigenvalue weighted by molar-refractivity contribution is 8.00. The van der Waals surface area contributed by atoms with Crippen LogP contribution in [0.4, 0.5) is 0 Å². The van der Waals surface area contributed by atoms with Crippen molar-refractivity contribution in [3.63, 3.8) is 0 Å². The summed E-state index contributed by atoms with van der Waals surface area (Å²) in [5, 5.41) is 0. The predicted octanol–water partition coefficient (Wildman–Crippen LogP) is -0.0770. The normalized spacial score (nSPS) is 8.60. The first-order chi connectivity index (χ1) is 4.57. The van der Waals surface area contributed by atoms with Crippen molar-refractivity contribution in [1.29, 1.82) is 0 Å². The molecule has 0 radical (unpaired) electrons.